The predicted molar refractivity (Wildman–Crippen MR) is 54.9 cm³/mol. The molecule has 0 aliphatic rings. The quantitative estimate of drug-likeness (QED) is 0.750. The van der Waals surface area contributed by atoms with Crippen molar-refractivity contribution in [2.45, 2.75) is 0 Å². The van der Waals surface area contributed by atoms with Crippen LogP contribution in [0.5, 0.6) is 0 Å². The molecular weight excluding hydrogens is 208 g/mol. The molecule has 0 saturated carbocycles. The highest BCUT2D eigenvalue weighted by Gasteiger charge is 2.03. The number of benzene rings is 1. The molecule has 0 aromatic heterocycles. The van der Waals surface area contributed by atoms with Crippen LogP contribution in [0, 0.1) is 5.82 Å². The average molecular weight is 218 g/mol. The molecule has 0 aliphatic carbocycles. The second kappa shape index (κ2) is 4.96. The van der Waals surface area contributed by atoms with Crippen LogP contribution in [0.3, 0.4) is 0 Å². The molecule has 0 spiro atoms. The summed E-state index contributed by atoms with van der Waals surface area (Å²) in [5.41, 5.74) is 0.657. The second-order valence-corrected chi connectivity index (χ2v) is 3.25. The zero-order chi connectivity index (χ0) is 10.6. The molecule has 0 atom stereocenters. The Morgan fingerprint density at radius 3 is 2.79 bits per heavy atom. The summed E-state index contributed by atoms with van der Waals surface area (Å²) in [5.74, 6) is -0.472. The highest BCUT2D eigenvalue weighted by atomic mass is 35.5. The van der Waals surface area contributed by atoms with Gasteiger partial charge in [-0.1, -0.05) is 11.6 Å². The summed E-state index contributed by atoms with van der Waals surface area (Å²) in [5, 5.41) is 0.0863. The maximum atomic E-state index is 13.0. The molecule has 0 unspecified atom stereocenters. The van der Waals surface area contributed by atoms with Gasteiger partial charge >= 0.3 is 0 Å². The van der Waals surface area contributed by atoms with Crippen molar-refractivity contribution in [1.82, 2.24) is 0 Å². The van der Waals surface area contributed by atoms with E-state index in [2.05, 4.69) is 0 Å². The smallest absolute Gasteiger partial charge is 0.143 e. The van der Waals surface area contributed by atoms with Gasteiger partial charge in [-0.05, 0) is 24.3 Å². The SMILES string of the molecule is CN(CC=CF)c1ccc(Cl)c(F)c1. The fourth-order valence-corrected chi connectivity index (χ4v) is 1.14. The van der Waals surface area contributed by atoms with Gasteiger partial charge in [-0.25, -0.2) is 8.78 Å². The van der Waals surface area contributed by atoms with E-state index in [0.717, 1.165) is 0 Å². The number of nitrogens with zero attached hydrogens (tertiary/aromatic N) is 1. The Labute approximate surface area is 86.6 Å². The monoisotopic (exact) mass is 217 g/mol. The average Bonchev–Trinajstić information content (AvgIpc) is 2.18. The fourth-order valence-electron chi connectivity index (χ4n) is 1.03. The molecular formula is C10H10ClF2N. The summed E-state index contributed by atoms with van der Waals surface area (Å²) < 4.78 is 24.7. The fraction of sp³-hybridized carbons (Fsp3) is 0.200. The highest BCUT2D eigenvalue weighted by Crippen LogP contribution is 2.20. The number of rotatable bonds is 3. The first-order valence-electron chi connectivity index (χ1n) is 4.06. The molecule has 4 heteroatoms. The number of hydrogen-bond acceptors (Lipinski definition) is 1. The molecule has 1 nitrogen and oxygen atoms in total. The summed E-state index contributed by atoms with van der Waals surface area (Å²) in [7, 11) is 1.74. The van der Waals surface area contributed by atoms with Crippen LogP contribution in [0.2, 0.25) is 5.02 Å². The third-order valence-corrected chi connectivity index (χ3v) is 2.12. The lowest BCUT2D eigenvalue weighted by atomic mass is 10.3. The Morgan fingerprint density at radius 2 is 2.21 bits per heavy atom. The van der Waals surface area contributed by atoms with E-state index in [4.69, 9.17) is 11.6 Å². The third kappa shape index (κ3) is 2.70. The minimum absolute atomic E-state index is 0.0863. The van der Waals surface area contributed by atoms with Crippen molar-refractivity contribution < 1.29 is 8.78 Å². The van der Waals surface area contributed by atoms with Crippen LogP contribution < -0.4 is 4.90 Å². The maximum Gasteiger partial charge on any atom is 0.143 e. The zero-order valence-electron chi connectivity index (χ0n) is 7.67. The van der Waals surface area contributed by atoms with Gasteiger partial charge in [0.25, 0.3) is 0 Å². The van der Waals surface area contributed by atoms with Crippen molar-refractivity contribution in [2.75, 3.05) is 18.5 Å². The van der Waals surface area contributed by atoms with Gasteiger partial charge in [0.2, 0.25) is 0 Å². The number of anilines is 1. The van der Waals surface area contributed by atoms with Crippen molar-refractivity contribution in [2.24, 2.45) is 0 Å². The largest absolute Gasteiger partial charge is 0.371 e. The topological polar surface area (TPSA) is 3.24 Å². The van der Waals surface area contributed by atoms with Crippen LogP contribution in [-0.2, 0) is 0 Å². The van der Waals surface area contributed by atoms with Gasteiger partial charge in [-0.3, -0.25) is 0 Å². The lowest BCUT2D eigenvalue weighted by Gasteiger charge is -2.16. The van der Waals surface area contributed by atoms with Crippen LogP contribution in [0.15, 0.2) is 30.6 Å². The zero-order valence-corrected chi connectivity index (χ0v) is 8.43. The lowest BCUT2D eigenvalue weighted by molar-refractivity contribution is 0.628. The van der Waals surface area contributed by atoms with E-state index in [1.165, 1.54) is 18.2 Å². The van der Waals surface area contributed by atoms with E-state index in [9.17, 15) is 8.78 Å². The standard InChI is InChI=1S/C10H10ClF2N/c1-14(6-2-5-12)8-3-4-9(11)10(13)7-8/h2-5,7H,6H2,1H3. The second-order valence-electron chi connectivity index (χ2n) is 2.84. The molecule has 0 heterocycles. The van der Waals surface area contributed by atoms with Gasteiger partial charge in [0.15, 0.2) is 0 Å². The number of hydrogen-bond donors (Lipinski definition) is 0. The van der Waals surface area contributed by atoms with Crippen LogP contribution in [0.1, 0.15) is 0 Å². The Morgan fingerprint density at radius 1 is 1.50 bits per heavy atom. The molecule has 14 heavy (non-hydrogen) atoms. The number of likely N-dealkylation sites (N-methyl/N-ethyl adjacent to an activating group) is 1. The minimum Gasteiger partial charge on any atom is -0.371 e. The Kier molecular flexibility index (Phi) is 3.89. The molecule has 0 radical (unpaired) electrons. The van der Waals surface area contributed by atoms with Gasteiger partial charge in [-0.15, -0.1) is 0 Å². The van der Waals surface area contributed by atoms with Gasteiger partial charge < -0.3 is 4.90 Å². The molecule has 0 amide bonds. The molecule has 0 aliphatic heterocycles. The van der Waals surface area contributed by atoms with Crippen molar-refractivity contribution >= 4 is 17.3 Å². The van der Waals surface area contributed by atoms with Gasteiger partial charge in [0.05, 0.1) is 11.4 Å². The van der Waals surface area contributed by atoms with Crippen LogP contribution >= 0.6 is 11.6 Å². The Bertz CT molecular complexity index is 339. The molecule has 1 aromatic carbocycles. The summed E-state index contributed by atoms with van der Waals surface area (Å²) in [6.07, 6.45) is 1.80. The first kappa shape index (κ1) is 11.0. The van der Waals surface area contributed by atoms with Crippen molar-refractivity contribution in [3.8, 4) is 0 Å². The minimum atomic E-state index is -0.472. The summed E-state index contributed by atoms with van der Waals surface area (Å²) in [6, 6.07) is 4.47. The molecule has 76 valence electrons. The van der Waals surface area contributed by atoms with Crippen molar-refractivity contribution in [1.29, 1.82) is 0 Å². The summed E-state index contributed by atoms with van der Waals surface area (Å²) in [4.78, 5) is 1.70. The molecule has 0 saturated heterocycles. The van der Waals surface area contributed by atoms with Gasteiger partial charge in [0, 0.05) is 19.3 Å². The molecule has 1 rings (SSSR count). The van der Waals surface area contributed by atoms with Crippen LogP contribution in [0.4, 0.5) is 14.5 Å². The maximum absolute atomic E-state index is 13.0. The summed E-state index contributed by atoms with van der Waals surface area (Å²) >= 11 is 5.52. The van der Waals surface area contributed by atoms with E-state index in [1.54, 1.807) is 18.0 Å². The number of halogens is 3. The summed E-state index contributed by atoms with van der Waals surface area (Å²) in [6.45, 7) is 0.386. The predicted octanol–water partition coefficient (Wildman–Crippen LogP) is 3.40. The lowest BCUT2D eigenvalue weighted by Crippen LogP contribution is -2.16. The Balaban J connectivity index is 2.80. The van der Waals surface area contributed by atoms with Crippen LogP contribution in [0.25, 0.3) is 0 Å². The van der Waals surface area contributed by atoms with Crippen LogP contribution in [-0.4, -0.2) is 13.6 Å². The van der Waals surface area contributed by atoms with E-state index in [0.29, 0.717) is 18.6 Å². The Hall–Kier alpha value is -1.09. The van der Waals surface area contributed by atoms with E-state index < -0.39 is 5.82 Å². The first-order chi connectivity index (χ1) is 6.65. The molecule has 0 bridgehead atoms. The molecule has 1 aromatic rings. The normalized spacial score (nSPS) is 10.9. The molecule has 0 fully saturated rings. The first-order valence-corrected chi connectivity index (χ1v) is 4.44. The molecule has 0 N–H and O–H groups in total. The van der Waals surface area contributed by atoms with Gasteiger partial charge in [-0.2, -0.15) is 0 Å². The van der Waals surface area contributed by atoms with E-state index in [1.807, 2.05) is 0 Å². The van der Waals surface area contributed by atoms with Gasteiger partial charge in [0.1, 0.15) is 5.82 Å². The third-order valence-electron chi connectivity index (χ3n) is 1.81. The van der Waals surface area contributed by atoms with Crippen molar-refractivity contribution in [3.63, 3.8) is 0 Å². The van der Waals surface area contributed by atoms with Crippen molar-refractivity contribution in [3.05, 3.63) is 41.4 Å². The van der Waals surface area contributed by atoms with E-state index >= 15 is 0 Å². The highest BCUT2D eigenvalue weighted by molar-refractivity contribution is 6.30. The van der Waals surface area contributed by atoms with E-state index in [-0.39, 0.29) is 5.02 Å².